The molecular weight excluding hydrogens is 364 g/mol. The number of benzene rings is 1. The predicted octanol–water partition coefficient (Wildman–Crippen LogP) is 2.97. The molecule has 6 nitrogen and oxygen atoms in total. The first kappa shape index (κ1) is 21.6. The minimum atomic E-state index is 0.0527. The van der Waals surface area contributed by atoms with Gasteiger partial charge in [0.1, 0.15) is 0 Å². The van der Waals surface area contributed by atoms with Gasteiger partial charge in [-0.15, -0.1) is 0 Å². The van der Waals surface area contributed by atoms with E-state index in [0.29, 0.717) is 5.92 Å². The Morgan fingerprint density at radius 2 is 2.07 bits per heavy atom. The monoisotopic (exact) mass is 400 g/mol. The minimum Gasteiger partial charge on any atom is -0.373 e. The zero-order valence-corrected chi connectivity index (χ0v) is 18.1. The molecule has 1 amide bonds. The Hall–Kier alpha value is -2.08. The van der Waals surface area contributed by atoms with E-state index in [2.05, 4.69) is 41.8 Å². The lowest BCUT2D eigenvalue weighted by Crippen LogP contribution is -2.45. The molecule has 3 atom stereocenters. The lowest BCUT2D eigenvalue weighted by Gasteiger charge is -2.31. The summed E-state index contributed by atoms with van der Waals surface area (Å²) >= 11 is 0. The molecule has 0 radical (unpaired) electrons. The first-order chi connectivity index (χ1) is 14.1. The molecule has 0 bridgehead atoms. The highest BCUT2D eigenvalue weighted by molar-refractivity contribution is 5.81. The van der Waals surface area contributed by atoms with Crippen LogP contribution in [0, 0.1) is 11.8 Å². The van der Waals surface area contributed by atoms with E-state index in [1.807, 2.05) is 24.8 Å². The molecule has 2 fully saturated rings. The maximum absolute atomic E-state index is 12.2. The van der Waals surface area contributed by atoms with Gasteiger partial charge >= 0.3 is 0 Å². The number of likely N-dealkylation sites (tertiary alicyclic amines) is 1. The van der Waals surface area contributed by atoms with Crippen LogP contribution in [0.5, 0.6) is 0 Å². The predicted molar refractivity (Wildman–Crippen MR) is 117 cm³/mol. The molecule has 2 aliphatic heterocycles. The highest BCUT2D eigenvalue weighted by atomic mass is 16.5. The van der Waals surface area contributed by atoms with Crippen molar-refractivity contribution in [1.82, 2.24) is 15.5 Å². The van der Waals surface area contributed by atoms with Crippen LogP contribution in [0.2, 0.25) is 0 Å². The molecule has 29 heavy (non-hydrogen) atoms. The van der Waals surface area contributed by atoms with Crippen molar-refractivity contribution in [1.29, 1.82) is 0 Å². The molecule has 1 aromatic rings. The number of nitrogens with one attached hydrogen (secondary N) is 2. The van der Waals surface area contributed by atoms with Crippen molar-refractivity contribution in [2.24, 2.45) is 16.8 Å². The third kappa shape index (κ3) is 5.95. The summed E-state index contributed by atoms with van der Waals surface area (Å²) in [7, 11) is 0. The number of carbonyl (C=O) groups is 1. The minimum absolute atomic E-state index is 0.0527. The molecule has 2 heterocycles. The summed E-state index contributed by atoms with van der Waals surface area (Å²) in [4.78, 5) is 19.1. The van der Waals surface area contributed by atoms with E-state index in [1.54, 1.807) is 0 Å². The quantitative estimate of drug-likeness (QED) is 0.569. The Kier molecular flexibility index (Phi) is 7.92. The Balaban J connectivity index is 1.60. The zero-order chi connectivity index (χ0) is 20.6. The normalized spacial score (nSPS) is 25.3. The Bertz CT molecular complexity index is 677. The van der Waals surface area contributed by atoms with Crippen molar-refractivity contribution in [2.75, 3.05) is 32.8 Å². The molecule has 1 aromatic carbocycles. The Labute approximate surface area is 175 Å². The van der Waals surface area contributed by atoms with E-state index in [1.165, 1.54) is 5.56 Å². The molecule has 2 saturated heterocycles. The van der Waals surface area contributed by atoms with Gasteiger partial charge < -0.3 is 20.3 Å². The molecule has 160 valence electrons. The fourth-order valence-electron chi connectivity index (χ4n) is 4.21. The summed E-state index contributed by atoms with van der Waals surface area (Å²) in [6.45, 7) is 9.94. The van der Waals surface area contributed by atoms with Crippen molar-refractivity contribution in [3.05, 3.63) is 35.9 Å². The third-order valence-electron chi connectivity index (χ3n) is 5.74. The van der Waals surface area contributed by atoms with Crippen LogP contribution in [0.25, 0.3) is 0 Å². The molecule has 6 heteroatoms. The van der Waals surface area contributed by atoms with Gasteiger partial charge in [-0.1, -0.05) is 44.2 Å². The van der Waals surface area contributed by atoms with E-state index >= 15 is 0 Å². The second-order valence-corrected chi connectivity index (χ2v) is 8.39. The zero-order valence-electron chi connectivity index (χ0n) is 18.1. The number of hydrogen-bond acceptors (Lipinski definition) is 3. The van der Waals surface area contributed by atoms with Crippen LogP contribution >= 0.6 is 0 Å². The molecule has 2 N–H and O–H groups in total. The average Bonchev–Trinajstić information content (AvgIpc) is 3.21. The van der Waals surface area contributed by atoms with E-state index in [-0.39, 0.29) is 24.0 Å². The summed E-state index contributed by atoms with van der Waals surface area (Å²) in [5, 5.41) is 6.90. The van der Waals surface area contributed by atoms with Crippen molar-refractivity contribution in [3.63, 3.8) is 0 Å². The fraction of sp³-hybridized carbons (Fsp3) is 0.652. The molecule has 2 aliphatic rings. The second kappa shape index (κ2) is 10.6. The van der Waals surface area contributed by atoms with Gasteiger partial charge in [-0.2, -0.15) is 0 Å². The fourth-order valence-corrected chi connectivity index (χ4v) is 4.21. The first-order valence-electron chi connectivity index (χ1n) is 11.1. The number of guanidine groups is 1. The number of rotatable bonds is 6. The Morgan fingerprint density at radius 3 is 2.79 bits per heavy atom. The molecule has 3 rings (SSSR count). The van der Waals surface area contributed by atoms with E-state index in [9.17, 15) is 4.79 Å². The molecule has 0 aliphatic carbocycles. The van der Waals surface area contributed by atoms with E-state index in [4.69, 9.17) is 9.73 Å². The van der Waals surface area contributed by atoms with Gasteiger partial charge in [0.15, 0.2) is 5.96 Å². The van der Waals surface area contributed by atoms with Crippen LogP contribution in [0.1, 0.15) is 51.7 Å². The maximum atomic E-state index is 12.2. The first-order valence-corrected chi connectivity index (χ1v) is 11.1. The summed E-state index contributed by atoms with van der Waals surface area (Å²) in [6.07, 6.45) is 3.29. The maximum Gasteiger partial charge on any atom is 0.225 e. The van der Waals surface area contributed by atoms with Crippen LogP contribution in [0.15, 0.2) is 35.3 Å². The largest absolute Gasteiger partial charge is 0.373 e. The van der Waals surface area contributed by atoms with Crippen LogP contribution in [-0.4, -0.2) is 55.6 Å². The molecule has 3 unspecified atom stereocenters. The highest BCUT2D eigenvalue weighted by Crippen LogP contribution is 2.33. The summed E-state index contributed by atoms with van der Waals surface area (Å²) in [6, 6.07) is 10.7. The molecule has 0 saturated carbocycles. The second-order valence-electron chi connectivity index (χ2n) is 8.39. The summed E-state index contributed by atoms with van der Waals surface area (Å²) in [5.41, 5.74) is 1.24. The van der Waals surface area contributed by atoms with Crippen LogP contribution in [-0.2, 0) is 9.53 Å². The van der Waals surface area contributed by atoms with Crippen molar-refractivity contribution in [3.8, 4) is 0 Å². The number of amides is 1. The van der Waals surface area contributed by atoms with Crippen molar-refractivity contribution >= 4 is 11.9 Å². The number of aliphatic imine (C=N–C) groups is 1. The number of ether oxygens (including phenoxy) is 1. The number of carbonyl (C=O) groups excluding carboxylic acids is 1. The third-order valence-corrected chi connectivity index (χ3v) is 5.74. The topological polar surface area (TPSA) is 66.0 Å². The lowest BCUT2D eigenvalue weighted by molar-refractivity contribution is -0.133. The average molecular weight is 401 g/mol. The van der Waals surface area contributed by atoms with Crippen molar-refractivity contribution in [2.45, 2.75) is 52.2 Å². The van der Waals surface area contributed by atoms with Crippen LogP contribution in [0.4, 0.5) is 0 Å². The smallest absolute Gasteiger partial charge is 0.225 e. The summed E-state index contributed by atoms with van der Waals surface area (Å²) < 4.78 is 6.11. The van der Waals surface area contributed by atoms with Gasteiger partial charge in [0, 0.05) is 50.7 Å². The van der Waals surface area contributed by atoms with Gasteiger partial charge in [0.2, 0.25) is 5.91 Å². The van der Waals surface area contributed by atoms with Gasteiger partial charge in [-0.25, -0.2) is 0 Å². The van der Waals surface area contributed by atoms with Crippen LogP contribution in [0.3, 0.4) is 0 Å². The summed E-state index contributed by atoms with van der Waals surface area (Å²) in [5.74, 6) is 1.51. The van der Waals surface area contributed by atoms with Crippen molar-refractivity contribution < 1.29 is 9.53 Å². The standard InChI is InChI=1S/C23H36N4O2/c1-4-24-23(26-20-12-13-27(16-20)22(28)17(2)3)25-15-19-11-8-14-29-21(19)18-9-6-5-7-10-18/h5-7,9-10,17,19-21H,4,8,11-16H2,1-3H3,(H2,24,25,26). The molecular formula is C23H36N4O2. The van der Waals surface area contributed by atoms with Crippen LogP contribution < -0.4 is 10.6 Å². The van der Waals surface area contributed by atoms with Gasteiger partial charge in [0.25, 0.3) is 0 Å². The SMILES string of the molecule is CCNC(=NCC1CCCOC1c1ccccc1)NC1CCN(C(=O)C(C)C)C1. The molecule has 0 spiro atoms. The van der Waals surface area contributed by atoms with Gasteiger partial charge in [-0.05, 0) is 31.7 Å². The highest BCUT2D eigenvalue weighted by Gasteiger charge is 2.29. The van der Waals surface area contributed by atoms with Gasteiger partial charge in [-0.3, -0.25) is 9.79 Å². The lowest BCUT2D eigenvalue weighted by atomic mass is 9.89. The van der Waals surface area contributed by atoms with E-state index < -0.39 is 0 Å². The number of nitrogens with zero attached hydrogens (tertiary/aromatic N) is 2. The van der Waals surface area contributed by atoms with Gasteiger partial charge in [0.05, 0.1) is 6.10 Å². The number of hydrogen-bond donors (Lipinski definition) is 2. The molecule has 0 aromatic heterocycles. The van der Waals surface area contributed by atoms with E-state index in [0.717, 1.165) is 58.0 Å². The Morgan fingerprint density at radius 1 is 1.28 bits per heavy atom.